The number of aromatic nitrogens is 1. The van der Waals surface area contributed by atoms with Crippen LogP contribution in [0.25, 0.3) is 0 Å². The molecule has 1 aliphatic rings. The molecule has 1 aliphatic heterocycles. The zero-order valence-electron chi connectivity index (χ0n) is 15.7. The normalized spacial score (nSPS) is 18.6. The molecule has 1 atom stereocenters. The van der Waals surface area contributed by atoms with Gasteiger partial charge in [-0.1, -0.05) is 0 Å². The monoisotopic (exact) mass is 352 g/mol. The number of aliphatic imine (C=N–C) groups is 1. The molecule has 0 radical (unpaired) electrons. The van der Waals surface area contributed by atoms with E-state index >= 15 is 0 Å². The summed E-state index contributed by atoms with van der Waals surface area (Å²) in [4.78, 5) is 16.5. The van der Waals surface area contributed by atoms with Crippen molar-refractivity contribution < 1.29 is 0 Å². The molecule has 0 saturated carbocycles. The molecule has 0 spiro atoms. The van der Waals surface area contributed by atoms with E-state index in [1.165, 1.54) is 0 Å². The Bertz CT molecular complexity index is 521. The van der Waals surface area contributed by atoms with Crippen LogP contribution in [0.5, 0.6) is 0 Å². The van der Waals surface area contributed by atoms with Crippen LogP contribution < -0.4 is 5.32 Å². The van der Waals surface area contributed by atoms with Crippen LogP contribution in [0.2, 0.25) is 0 Å². The molecule has 1 fully saturated rings. The molecule has 1 saturated heterocycles. The quantitative estimate of drug-likeness (QED) is 0.621. The van der Waals surface area contributed by atoms with Crippen molar-refractivity contribution in [2.45, 2.75) is 33.4 Å². The number of aryl methyl sites for hydroxylation is 1. The largest absolute Gasteiger partial charge is 0.357 e. The fraction of sp³-hybridized carbons (Fsp3) is 0.765. The molecule has 2 heterocycles. The highest BCUT2D eigenvalue weighted by Gasteiger charge is 2.19. The van der Waals surface area contributed by atoms with Crippen LogP contribution in [0.4, 0.5) is 0 Å². The van der Waals surface area contributed by atoms with Crippen molar-refractivity contribution in [3.05, 3.63) is 16.1 Å². The topological polar surface area (TPSA) is 47.0 Å². The molecule has 2 rings (SSSR count). The lowest BCUT2D eigenvalue weighted by Gasteiger charge is -2.36. The lowest BCUT2D eigenvalue weighted by molar-refractivity contribution is 0.122. The molecule has 24 heavy (non-hydrogen) atoms. The molecule has 7 heteroatoms. The van der Waals surface area contributed by atoms with Gasteiger partial charge in [-0.05, 0) is 27.8 Å². The average Bonchev–Trinajstić information content (AvgIpc) is 2.96. The first kappa shape index (κ1) is 19.1. The second-order valence-electron chi connectivity index (χ2n) is 6.60. The second-order valence-corrected chi connectivity index (χ2v) is 7.66. The van der Waals surface area contributed by atoms with Gasteiger partial charge in [0.1, 0.15) is 0 Å². The summed E-state index contributed by atoms with van der Waals surface area (Å²) in [7, 11) is 4.27. The molecule has 6 nitrogen and oxygen atoms in total. The van der Waals surface area contributed by atoms with Gasteiger partial charge in [-0.2, -0.15) is 0 Å². The summed E-state index contributed by atoms with van der Waals surface area (Å²) in [6, 6.07) is 0.474. The predicted octanol–water partition coefficient (Wildman–Crippen LogP) is 1.48. The molecular weight excluding hydrogens is 320 g/mol. The Morgan fingerprint density at radius 2 is 2.12 bits per heavy atom. The van der Waals surface area contributed by atoms with Crippen molar-refractivity contribution in [2.24, 2.45) is 4.99 Å². The van der Waals surface area contributed by atoms with Gasteiger partial charge in [0.15, 0.2) is 5.96 Å². The highest BCUT2D eigenvalue weighted by molar-refractivity contribution is 7.09. The van der Waals surface area contributed by atoms with Gasteiger partial charge in [-0.25, -0.2) is 4.98 Å². The van der Waals surface area contributed by atoms with Gasteiger partial charge >= 0.3 is 0 Å². The number of guanidine groups is 1. The van der Waals surface area contributed by atoms with E-state index in [2.05, 4.69) is 58.3 Å². The van der Waals surface area contributed by atoms with Crippen LogP contribution in [0, 0.1) is 6.92 Å². The van der Waals surface area contributed by atoms with E-state index in [0.29, 0.717) is 6.04 Å². The molecule has 1 aromatic heterocycles. The fourth-order valence-corrected chi connectivity index (χ4v) is 3.47. The zero-order valence-corrected chi connectivity index (χ0v) is 16.6. The Hall–Kier alpha value is -1.18. The standard InChI is InChI=1S/C17H32N6S/c1-6-18-17(22(5)12-16-13-24-15(3)20-16)19-11-14(2)23-9-7-21(4)8-10-23/h13-14H,6-12H2,1-5H3,(H,18,19). The first-order valence-electron chi connectivity index (χ1n) is 8.82. The van der Waals surface area contributed by atoms with Crippen molar-refractivity contribution >= 4 is 17.3 Å². The third-order valence-corrected chi connectivity index (χ3v) is 5.25. The number of rotatable bonds is 6. The van der Waals surface area contributed by atoms with Gasteiger partial charge in [0.2, 0.25) is 0 Å². The maximum atomic E-state index is 4.86. The SMILES string of the molecule is CCNC(=NCC(C)N1CCN(C)CC1)N(C)Cc1csc(C)n1. The van der Waals surface area contributed by atoms with Gasteiger partial charge in [0.25, 0.3) is 0 Å². The minimum atomic E-state index is 0.474. The number of nitrogens with zero attached hydrogens (tertiary/aromatic N) is 5. The summed E-state index contributed by atoms with van der Waals surface area (Å²) in [5.41, 5.74) is 1.11. The maximum Gasteiger partial charge on any atom is 0.194 e. The summed E-state index contributed by atoms with van der Waals surface area (Å²) in [6.07, 6.45) is 0. The summed E-state index contributed by atoms with van der Waals surface area (Å²) in [6.45, 7) is 13.5. The molecular formula is C17H32N6S. The van der Waals surface area contributed by atoms with Gasteiger partial charge in [0, 0.05) is 51.2 Å². The molecule has 1 unspecified atom stereocenters. The Morgan fingerprint density at radius 3 is 2.71 bits per heavy atom. The Balaban J connectivity index is 1.91. The third-order valence-electron chi connectivity index (χ3n) is 4.43. The fourth-order valence-electron chi connectivity index (χ4n) is 2.87. The molecule has 0 aliphatic carbocycles. The first-order valence-corrected chi connectivity index (χ1v) is 9.70. The smallest absolute Gasteiger partial charge is 0.194 e. The van der Waals surface area contributed by atoms with Crippen LogP contribution in [-0.2, 0) is 6.54 Å². The first-order chi connectivity index (χ1) is 11.5. The number of thiazole rings is 1. The molecule has 1 N–H and O–H groups in total. The molecule has 0 aromatic carbocycles. The molecule has 136 valence electrons. The highest BCUT2D eigenvalue weighted by Crippen LogP contribution is 2.10. The van der Waals surface area contributed by atoms with Crippen LogP contribution in [0.3, 0.4) is 0 Å². The Morgan fingerprint density at radius 1 is 1.42 bits per heavy atom. The van der Waals surface area contributed by atoms with E-state index in [-0.39, 0.29) is 0 Å². The van der Waals surface area contributed by atoms with Gasteiger partial charge in [-0.15, -0.1) is 11.3 Å². The Labute approximate surface area is 150 Å². The number of piperazine rings is 1. The van der Waals surface area contributed by atoms with E-state index in [4.69, 9.17) is 4.99 Å². The minimum absolute atomic E-state index is 0.474. The maximum absolute atomic E-state index is 4.86. The van der Waals surface area contributed by atoms with Crippen molar-refractivity contribution in [3.63, 3.8) is 0 Å². The lowest BCUT2D eigenvalue weighted by Crippen LogP contribution is -2.49. The van der Waals surface area contributed by atoms with Crippen LogP contribution >= 0.6 is 11.3 Å². The van der Waals surface area contributed by atoms with Crippen molar-refractivity contribution in [1.29, 1.82) is 0 Å². The lowest BCUT2D eigenvalue weighted by atomic mass is 10.2. The molecule has 0 amide bonds. The van der Waals surface area contributed by atoms with Crippen LogP contribution in [0.15, 0.2) is 10.4 Å². The summed E-state index contributed by atoms with van der Waals surface area (Å²) in [5.74, 6) is 0.962. The van der Waals surface area contributed by atoms with Crippen molar-refractivity contribution in [3.8, 4) is 0 Å². The van der Waals surface area contributed by atoms with Gasteiger partial charge in [-0.3, -0.25) is 9.89 Å². The van der Waals surface area contributed by atoms with Gasteiger partial charge < -0.3 is 15.1 Å². The van der Waals surface area contributed by atoms with Crippen LogP contribution in [-0.4, -0.2) is 85.0 Å². The van der Waals surface area contributed by atoms with E-state index in [0.717, 1.165) is 62.5 Å². The second kappa shape index (κ2) is 9.34. The van der Waals surface area contributed by atoms with Crippen molar-refractivity contribution in [1.82, 2.24) is 25.0 Å². The summed E-state index contributed by atoms with van der Waals surface area (Å²) < 4.78 is 0. The zero-order chi connectivity index (χ0) is 17.5. The minimum Gasteiger partial charge on any atom is -0.357 e. The van der Waals surface area contributed by atoms with E-state index < -0.39 is 0 Å². The summed E-state index contributed by atoms with van der Waals surface area (Å²) in [5, 5.41) is 6.64. The average molecular weight is 353 g/mol. The predicted molar refractivity (Wildman–Crippen MR) is 103 cm³/mol. The van der Waals surface area contributed by atoms with Crippen LogP contribution in [0.1, 0.15) is 24.5 Å². The summed E-state index contributed by atoms with van der Waals surface area (Å²) >= 11 is 1.70. The van der Waals surface area contributed by atoms with Crippen molar-refractivity contribution in [2.75, 3.05) is 53.4 Å². The molecule has 1 aromatic rings. The van der Waals surface area contributed by atoms with E-state index in [1.807, 2.05) is 6.92 Å². The number of hydrogen-bond acceptors (Lipinski definition) is 5. The van der Waals surface area contributed by atoms with E-state index in [1.54, 1.807) is 11.3 Å². The number of likely N-dealkylation sites (N-methyl/N-ethyl adjacent to an activating group) is 1. The Kier molecular flexibility index (Phi) is 7.45. The van der Waals surface area contributed by atoms with Gasteiger partial charge in [0.05, 0.1) is 23.8 Å². The number of nitrogens with one attached hydrogen (secondary N) is 1. The highest BCUT2D eigenvalue weighted by atomic mass is 32.1. The van der Waals surface area contributed by atoms with E-state index in [9.17, 15) is 0 Å². The number of hydrogen-bond donors (Lipinski definition) is 1. The third kappa shape index (κ3) is 5.72. The molecule has 0 bridgehead atoms.